The van der Waals surface area contributed by atoms with Crippen LogP contribution in [0, 0.1) is 0 Å². The SMILES string of the molecule is CNC(=O)N1CCCC(c2cccc(C(=O)N(C)C)c2)C1. The monoisotopic (exact) mass is 289 g/mol. The van der Waals surface area contributed by atoms with E-state index in [0.29, 0.717) is 18.0 Å². The van der Waals surface area contributed by atoms with Gasteiger partial charge in [0.1, 0.15) is 0 Å². The fraction of sp³-hybridized carbons (Fsp3) is 0.500. The second kappa shape index (κ2) is 6.61. The Bertz CT molecular complexity index is 528. The van der Waals surface area contributed by atoms with Gasteiger partial charge in [-0.05, 0) is 30.5 Å². The van der Waals surface area contributed by atoms with Gasteiger partial charge in [-0.1, -0.05) is 12.1 Å². The second-order valence-corrected chi connectivity index (χ2v) is 5.67. The van der Waals surface area contributed by atoms with Gasteiger partial charge < -0.3 is 15.1 Å². The molecule has 21 heavy (non-hydrogen) atoms. The van der Waals surface area contributed by atoms with Crippen molar-refractivity contribution in [3.05, 3.63) is 35.4 Å². The number of hydrogen-bond donors (Lipinski definition) is 1. The highest BCUT2D eigenvalue weighted by molar-refractivity contribution is 5.94. The Hall–Kier alpha value is -2.04. The van der Waals surface area contributed by atoms with Crippen LogP contribution in [0.5, 0.6) is 0 Å². The average Bonchev–Trinajstić information content (AvgIpc) is 2.53. The van der Waals surface area contributed by atoms with Crippen LogP contribution in [0.1, 0.15) is 34.7 Å². The molecule has 1 aliphatic heterocycles. The summed E-state index contributed by atoms with van der Waals surface area (Å²) in [4.78, 5) is 27.2. The third kappa shape index (κ3) is 3.54. The van der Waals surface area contributed by atoms with E-state index in [0.717, 1.165) is 24.9 Å². The number of benzene rings is 1. The van der Waals surface area contributed by atoms with E-state index in [1.54, 1.807) is 26.0 Å². The first-order valence-electron chi connectivity index (χ1n) is 7.31. The first-order chi connectivity index (χ1) is 10.0. The van der Waals surface area contributed by atoms with E-state index in [-0.39, 0.29) is 11.9 Å². The number of amides is 3. The van der Waals surface area contributed by atoms with Gasteiger partial charge in [-0.15, -0.1) is 0 Å². The summed E-state index contributed by atoms with van der Waals surface area (Å²) >= 11 is 0. The largest absolute Gasteiger partial charge is 0.345 e. The molecule has 5 nitrogen and oxygen atoms in total. The van der Waals surface area contributed by atoms with Crippen molar-refractivity contribution in [1.29, 1.82) is 0 Å². The van der Waals surface area contributed by atoms with Gasteiger partial charge in [0, 0.05) is 45.7 Å². The predicted molar refractivity (Wildman–Crippen MR) is 82.5 cm³/mol. The molecule has 1 atom stereocenters. The van der Waals surface area contributed by atoms with Crippen LogP contribution in [0.4, 0.5) is 4.79 Å². The summed E-state index contributed by atoms with van der Waals surface area (Å²) in [7, 11) is 5.16. The molecule has 0 spiro atoms. The Balaban J connectivity index is 2.16. The summed E-state index contributed by atoms with van der Waals surface area (Å²) in [5, 5.41) is 2.68. The minimum Gasteiger partial charge on any atom is -0.345 e. The quantitative estimate of drug-likeness (QED) is 0.904. The van der Waals surface area contributed by atoms with Gasteiger partial charge in [0.05, 0.1) is 0 Å². The molecule has 0 aromatic heterocycles. The van der Waals surface area contributed by atoms with Gasteiger partial charge in [-0.25, -0.2) is 4.79 Å². The van der Waals surface area contributed by atoms with Crippen LogP contribution in [0.3, 0.4) is 0 Å². The summed E-state index contributed by atoms with van der Waals surface area (Å²) in [5.74, 6) is 0.307. The van der Waals surface area contributed by atoms with Crippen molar-refractivity contribution in [1.82, 2.24) is 15.1 Å². The van der Waals surface area contributed by atoms with Gasteiger partial charge in [0.15, 0.2) is 0 Å². The van der Waals surface area contributed by atoms with Gasteiger partial charge in [-0.2, -0.15) is 0 Å². The number of rotatable bonds is 2. The topological polar surface area (TPSA) is 52.7 Å². The number of piperidine rings is 1. The van der Waals surface area contributed by atoms with Crippen molar-refractivity contribution in [2.75, 3.05) is 34.2 Å². The lowest BCUT2D eigenvalue weighted by molar-refractivity contribution is 0.0827. The highest BCUT2D eigenvalue weighted by Gasteiger charge is 2.24. The molecule has 0 aliphatic carbocycles. The molecule has 1 aliphatic rings. The lowest BCUT2D eigenvalue weighted by Gasteiger charge is -2.32. The molecule has 114 valence electrons. The third-order valence-electron chi connectivity index (χ3n) is 3.93. The fourth-order valence-corrected chi connectivity index (χ4v) is 2.78. The van der Waals surface area contributed by atoms with E-state index in [2.05, 4.69) is 5.32 Å². The van der Waals surface area contributed by atoms with E-state index >= 15 is 0 Å². The number of urea groups is 1. The molecule has 0 bridgehead atoms. The summed E-state index contributed by atoms with van der Waals surface area (Å²) < 4.78 is 0. The van der Waals surface area contributed by atoms with E-state index in [1.807, 2.05) is 29.2 Å². The van der Waals surface area contributed by atoms with Crippen LogP contribution < -0.4 is 5.32 Å². The molecule has 1 saturated heterocycles. The van der Waals surface area contributed by atoms with Gasteiger partial charge in [0.2, 0.25) is 0 Å². The molecular formula is C16H23N3O2. The van der Waals surface area contributed by atoms with Crippen molar-refractivity contribution in [3.63, 3.8) is 0 Å². The van der Waals surface area contributed by atoms with E-state index < -0.39 is 0 Å². The van der Waals surface area contributed by atoms with Crippen LogP contribution in [0.25, 0.3) is 0 Å². The van der Waals surface area contributed by atoms with Crippen LogP contribution in [-0.4, -0.2) is 56.0 Å². The van der Waals surface area contributed by atoms with Gasteiger partial charge >= 0.3 is 6.03 Å². The molecule has 0 radical (unpaired) electrons. The maximum Gasteiger partial charge on any atom is 0.317 e. The molecule has 2 rings (SSSR count). The molecule has 3 amide bonds. The maximum absolute atomic E-state index is 12.0. The van der Waals surface area contributed by atoms with Crippen molar-refractivity contribution in [2.45, 2.75) is 18.8 Å². The minimum absolute atomic E-state index is 0.0100. The summed E-state index contributed by atoms with van der Waals surface area (Å²) in [6, 6.07) is 7.74. The normalized spacial score (nSPS) is 18.2. The smallest absolute Gasteiger partial charge is 0.317 e. The number of carbonyl (C=O) groups excluding carboxylic acids is 2. The second-order valence-electron chi connectivity index (χ2n) is 5.67. The van der Waals surface area contributed by atoms with Crippen LogP contribution in [0.15, 0.2) is 24.3 Å². The Morgan fingerprint density at radius 3 is 2.76 bits per heavy atom. The van der Waals surface area contributed by atoms with Gasteiger partial charge in [-0.3, -0.25) is 4.79 Å². The molecule has 0 saturated carbocycles. The highest BCUT2D eigenvalue weighted by atomic mass is 16.2. The first kappa shape index (κ1) is 15.4. The average molecular weight is 289 g/mol. The molecule has 1 heterocycles. The Morgan fingerprint density at radius 1 is 1.33 bits per heavy atom. The number of carbonyl (C=O) groups is 2. The lowest BCUT2D eigenvalue weighted by atomic mass is 9.89. The number of hydrogen-bond acceptors (Lipinski definition) is 2. The highest BCUT2D eigenvalue weighted by Crippen LogP contribution is 2.27. The maximum atomic E-state index is 12.0. The van der Waals surface area contributed by atoms with Crippen molar-refractivity contribution >= 4 is 11.9 Å². The van der Waals surface area contributed by atoms with Crippen LogP contribution >= 0.6 is 0 Å². The van der Waals surface area contributed by atoms with Gasteiger partial charge in [0.25, 0.3) is 5.91 Å². The molecule has 1 unspecified atom stereocenters. The molecular weight excluding hydrogens is 266 g/mol. The predicted octanol–water partition coefficient (Wildman–Crippen LogP) is 1.91. The molecule has 1 N–H and O–H groups in total. The third-order valence-corrected chi connectivity index (χ3v) is 3.93. The van der Waals surface area contributed by atoms with E-state index in [4.69, 9.17) is 0 Å². The zero-order valence-electron chi connectivity index (χ0n) is 12.9. The molecule has 5 heteroatoms. The zero-order chi connectivity index (χ0) is 15.4. The minimum atomic E-state index is -0.0276. The first-order valence-corrected chi connectivity index (χ1v) is 7.31. The Morgan fingerprint density at radius 2 is 2.10 bits per heavy atom. The summed E-state index contributed by atoms with van der Waals surface area (Å²) in [5.41, 5.74) is 1.84. The molecule has 1 fully saturated rings. The molecule has 1 aromatic carbocycles. The number of likely N-dealkylation sites (tertiary alicyclic amines) is 1. The van der Waals surface area contributed by atoms with Crippen LogP contribution in [0.2, 0.25) is 0 Å². The fourth-order valence-electron chi connectivity index (χ4n) is 2.78. The standard InChI is InChI=1S/C16H23N3O2/c1-17-16(21)19-9-5-8-14(11-19)12-6-4-7-13(10-12)15(20)18(2)3/h4,6-7,10,14H,5,8-9,11H2,1-3H3,(H,17,21). The van der Waals surface area contributed by atoms with Crippen LogP contribution in [-0.2, 0) is 0 Å². The lowest BCUT2D eigenvalue weighted by Crippen LogP contribution is -2.43. The molecule has 1 aromatic rings. The van der Waals surface area contributed by atoms with E-state index in [9.17, 15) is 9.59 Å². The Labute approximate surface area is 125 Å². The number of nitrogens with one attached hydrogen (secondary N) is 1. The number of nitrogens with zero attached hydrogens (tertiary/aromatic N) is 2. The zero-order valence-corrected chi connectivity index (χ0v) is 12.9. The van der Waals surface area contributed by atoms with E-state index in [1.165, 1.54) is 0 Å². The summed E-state index contributed by atoms with van der Waals surface area (Å²) in [6.07, 6.45) is 2.04. The van der Waals surface area contributed by atoms with Crippen molar-refractivity contribution in [3.8, 4) is 0 Å². The summed E-state index contributed by atoms with van der Waals surface area (Å²) in [6.45, 7) is 1.51. The van der Waals surface area contributed by atoms with Crippen molar-refractivity contribution < 1.29 is 9.59 Å². The Kier molecular flexibility index (Phi) is 4.83. The van der Waals surface area contributed by atoms with Crippen molar-refractivity contribution in [2.24, 2.45) is 0 Å².